The van der Waals surface area contributed by atoms with Crippen LogP contribution < -0.4 is 14.2 Å². The standard InChI is InChI=1S/C26H25FO4/c1-4-5-16-21-24(30-17-19-12-8-6-9-13-19)22(18(2)23(27)25(21)29-3)26(28)31-20-14-10-7-11-15-20/h4,6-15H,1,5,16-17H2,2-3H3. The fraction of sp³-hybridized carbons (Fsp3) is 0.192. The third-order valence-corrected chi connectivity index (χ3v) is 4.87. The molecule has 3 aromatic carbocycles. The van der Waals surface area contributed by atoms with Crippen molar-refractivity contribution in [2.24, 2.45) is 0 Å². The van der Waals surface area contributed by atoms with Crippen molar-refractivity contribution >= 4 is 5.97 Å². The molecule has 0 saturated carbocycles. The summed E-state index contributed by atoms with van der Waals surface area (Å²) in [5.41, 5.74) is 1.56. The molecule has 160 valence electrons. The Morgan fingerprint density at radius 3 is 2.29 bits per heavy atom. The summed E-state index contributed by atoms with van der Waals surface area (Å²) in [4.78, 5) is 13.1. The highest BCUT2D eigenvalue weighted by Crippen LogP contribution is 2.40. The molecule has 0 N–H and O–H groups in total. The van der Waals surface area contributed by atoms with E-state index < -0.39 is 11.8 Å². The van der Waals surface area contributed by atoms with Crippen LogP contribution in [0.1, 0.15) is 33.5 Å². The van der Waals surface area contributed by atoms with Crippen molar-refractivity contribution in [1.29, 1.82) is 0 Å². The zero-order valence-corrected chi connectivity index (χ0v) is 17.7. The van der Waals surface area contributed by atoms with Crippen molar-refractivity contribution in [1.82, 2.24) is 0 Å². The zero-order valence-electron chi connectivity index (χ0n) is 17.7. The van der Waals surface area contributed by atoms with Crippen LogP contribution in [0.3, 0.4) is 0 Å². The zero-order chi connectivity index (χ0) is 22.2. The van der Waals surface area contributed by atoms with E-state index in [2.05, 4.69) is 6.58 Å². The average Bonchev–Trinajstić information content (AvgIpc) is 2.79. The number of para-hydroxylation sites is 1. The summed E-state index contributed by atoms with van der Waals surface area (Å²) < 4.78 is 32.2. The van der Waals surface area contributed by atoms with Crippen LogP contribution in [0.15, 0.2) is 73.3 Å². The third kappa shape index (κ3) is 5.12. The highest BCUT2D eigenvalue weighted by atomic mass is 19.1. The first kappa shape index (κ1) is 22.1. The lowest BCUT2D eigenvalue weighted by Crippen LogP contribution is -2.16. The fourth-order valence-electron chi connectivity index (χ4n) is 3.30. The Morgan fingerprint density at radius 1 is 1.03 bits per heavy atom. The van der Waals surface area contributed by atoms with Gasteiger partial charge in [-0.2, -0.15) is 0 Å². The van der Waals surface area contributed by atoms with Gasteiger partial charge in [0, 0.05) is 11.1 Å². The topological polar surface area (TPSA) is 44.8 Å². The third-order valence-electron chi connectivity index (χ3n) is 4.87. The molecule has 0 amide bonds. The van der Waals surface area contributed by atoms with Gasteiger partial charge in [-0.1, -0.05) is 54.6 Å². The Hall–Kier alpha value is -3.60. The van der Waals surface area contributed by atoms with Crippen LogP contribution in [-0.2, 0) is 13.0 Å². The Morgan fingerprint density at radius 2 is 1.68 bits per heavy atom. The largest absolute Gasteiger partial charge is 0.493 e. The lowest BCUT2D eigenvalue weighted by molar-refractivity contribution is 0.0727. The molecule has 0 bridgehead atoms. The van der Waals surface area contributed by atoms with Gasteiger partial charge in [-0.25, -0.2) is 9.18 Å². The van der Waals surface area contributed by atoms with Gasteiger partial charge >= 0.3 is 5.97 Å². The molecule has 0 radical (unpaired) electrons. The minimum absolute atomic E-state index is 0.0529. The Labute approximate surface area is 181 Å². The Balaban J connectivity index is 2.10. The molecule has 0 aliphatic rings. The number of ether oxygens (including phenoxy) is 3. The van der Waals surface area contributed by atoms with E-state index in [-0.39, 0.29) is 29.2 Å². The van der Waals surface area contributed by atoms with E-state index in [0.29, 0.717) is 24.2 Å². The Bertz CT molecular complexity index is 1050. The van der Waals surface area contributed by atoms with Gasteiger partial charge in [0.25, 0.3) is 0 Å². The number of esters is 1. The van der Waals surface area contributed by atoms with Gasteiger partial charge in [0.2, 0.25) is 0 Å². The smallest absolute Gasteiger partial charge is 0.347 e. The van der Waals surface area contributed by atoms with Crippen LogP contribution >= 0.6 is 0 Å². The number of halogens is 1. The summed E-state index contributed by atoms with van der Waals surface area (Å²) in [6.45, 7) is 5.47. The van der Waals surface area contributed by atoms with E-state index in [4.69, 9.17) is 14.2 Å². The van der Waals surface area contributed by atoms with Crippen LogP contribution in [0.2, 0.25) is 0 Å². The van der Waals surface area contributed by atoms with Crippen molar-refractivity contribution in [3.05, 3.63) is 101 Å². The molecule has 0 saturated heterocycles. The van der Waals surface area contributed by atoms with Gasteiger partial charge in [0.15, 0.2) is 11.6 Å². The molecule has 0 heterocycles. The lowest BCUT2D eigenvalue weighted by Gasteiger charge is -2.21. The highest BCUT2D eigenvalue weighted by Gasteiger charge is 2.29. The maximum Gasteiger partial charge on any atom is 0.347 e. The van der Waals surface area contributed by atoms with Crippen molar-refractivity contribution in [2.45, 2.75) is 26.4 Å². The summed E-state index contributed by atoms with van der Waals surface area (Å²) in [5, 5.41) is 0. The number of hydrogen-bond acceptors (Lipinski definition) is 4. The molecule has 0 atom stereocenters. The molecule has 3 aromatic rings. The summed E-state index contributed by atoms with van der Waals surface area (Å²) in [5.74, 6) is -0.590. The molecule has 4 nitrogen and oxygen atoms in total. The van der Waals surface area contributed by atoms with Crippen molar-refractivity contribution in [3.63, 3.8) is 0 Å². The normalized spacial score (nSPS) is 10.4. The van der Waals surface area contributed by atoms with E-state index in [9.17, 15) is 4.79 Å². The van der Waals surface area contributed by atoms with E-state index in [1.54, 1.807) is 30.3 Å². The molecule has 0 unspecified atom stereocenters. The van der Waals surface area contributed by atoms with E-state index in [1.807, 2.05) is 36.4 Å². The number of carbonyl (C=O) groups excluding carboxylic acids is 1. The molecule has 3 rings (SSSR count). The molecular formula is C26H25FO4. The molecule has 0 fully saturated rings. The second-order valence-electron chi connectivity index (χ2n) is 6.96. The SMILES string of the molecule is C=CCCc1c(OC)c(F)c(C)c(C(=O)Oc2ccccc2)c1OCc1ccccc1. The minimum Gasteiger partial charge on any atom is -0.493 e. The van der Waals surface area contributed by atoms with Gasteiger partial charge in [-0.15, -0.1) is 6.58 Å². The second-order valence-corrected chi connectivity index (χ2v) is 6.96. The van der Waals surface area contributed by atoms with Gasteiger partial charge in [-0.3, -0.25) is 0 Å². The highest BCUT2D eigenvalue weighted by molar-refractivity contribution is 5.96. The van der Waals surface area contributed by atoms with E-state index in [1.165, 1.54) is 14.0 Å². The maximum absolute atomic E-state index is 15.2. The first-order valence-electron chi connectivity index (χ1n) is 10.0. The maximum atomic E-state index is 15.2. The number of hydrogen-bond donors (Lipinski definition) is 0. The summed E-state index contributed by atoms with van der Waals surface area (Å²) in [7, 11) is 1.40. The minimum atomic E-state index is -0.687. The summed E-state index contributed by atoms with van der Waals surface area (Å²) in [6.07, 6.45) is 2.69. The number of carbonyl (C=O) groups is 1. The first-order chi connectivity index (χ1) is 15.1. The predicted molar refractivity (Wildman–Crippen MR) is 118 cm³/mol. The first-order valence-corrected chi connectivity index (χ1v) is 10.0. The van der Waals surface area contributed by atoms with Crippen LogP contribution in [0.4, 0.5) is 4.39 Å². The lowest BCUT2D eigenvalue weighted by atomic mass is 9.97. The van der Waals surface area contributed by atoms with Crippen LogP contribution in [0.5, 0.6) is 17.2 Å². The molecule has 0 spiro atoms. The van der Waals surface area contributed by atoms with Crippen molar-refractivity contribution in [3.8, 4) is 17.2 Å². The monoisotopic (exact) mass is 420 g/mol. The van der Waals surface area contributed by atoms with E-state index >= 15 is 4.39 Å². The number of benzene rings is 3. The average molecular weight is 420 g/mol. The number of rotatable bonds is 9. The quantitative estimate of drug-likeness (QED) is 0.240. The fourth-order valence-corrected chi connectivity index (χ4v) is 3.30. The van der Waals surface area contributed by atoms with Gasteiger partial charge < -0.3 is 14.2 Å². The summed E-state index contributed by atoms with van der Waals surface area (Å²) in [6, 6.07) is 18.2. The van der Waals surface area contributed by atoms with Crippen molar-refractivity contribution in [2.75, 3.05) is 7.11 Å². The molecule has 5 heteroatoms. The number of allylic oxidation sites excluding steroid dienone is 1. The Kier molecular flexibility index (Phi) is 7.44. The molecular weight excluding hydrogens is 395 g/mol. The second kappa shape index (κ2) is 10.4. The molecule has 0 aromatic heterocycles. The van der Waals surface area contributed by atoms with Gasteiger partial charge in [0.1, 0.15) is 23.7 Å². The van der Waals surface area contributed by atoms with Crippen LogP contribution in [0.25, 0.3) is 0 Å². The summed E-state index contributed by atoms with van der Waals surface area (Å²) >= 11 is 0. The van der Waals surface area contributed by atoms with Crippen molar-refractivity contribution < 1.29 is 23.4 Å². The molecule has 31 heavy (non-hydrogen) atoms. The number of methoxy groups -OCH3 is 1. The van der Waals surface area contributed by atoms with E-state index in [0.717, 1.165) is 5.56 Å². The van der Waals surface area contributed by atoms with Gasteiger partial charge in [-0.05, 0) is 37.5 Å². The molecule has 0 aliphatic carbocycles. The predicted octanol–water partition coefficient (Wildman–Crippen LogP) is 6.06. The van der Waals surface area contributed by atoms with Crippen LogP contribution in [0, 0.1) is 12.7 Å². The van der Waals surface area contributed by atoms with Crippen LogP contribution in [-0.4, -0.2) is 13.1 Å². The molecule has 0 aliphatic heterocycles. The van der Waals surface area contributed by atoms with Gasteiger partial charge in [0.05, 0.1) is 7.11 Å².